The van der Waals surface area contributed by atoms with Gasteiger partial charge in [-0.2, -0.15) is 0 Å². The predicted octanol–water partition coefficient (Wildman–Crippen LogP) is 1.54. The van der Waals surface area contributed by atoms with E-state index in [9.17, 15) is 0 Å². The molecule has 1 atom stereocenters. The van der Waals surface area contributed by atoms with Crippen molar-refractivity contribution in [3.05, 3.63) is 21.9 Å². The third-order valence-electron chi connectivity index (χ3n) is 2.95. The van der Waals surface area contributed by atoms with Crippen LogP contribution < -0.4 is 5.73 Å². The minimum atomic E-state index is 0.357. The van der Waals surface area contributed by atoms with Crippen molar-refractivity contribution in [1.29, 1.82) is 0 Å². The summed E-state index contributed by atoms with van der Waals surface area (Å²) in [4.78, 5) is 4.72. The molecule has 1 aromatic heterocycles. The van der Waals surface area contributed by atoms with Crippen molar-refractivity contribution in [3.8, 4) is 11.8 Å². The first-order valence-electron chi connectivity index (χ1n) is 6.70. The van der Waals surface area contributed by atoms with Crippen LogP contribution in [-0.2, 0) is 16.0 Å². The van der Waals surface area contributed by atoms with Gasteiger partial charge in [0.15, 0.2) is 0 Å². The molecule has 0 spiro atoms. The van der Waals surface area contributed by atoms with E-state index in [0.717, 1.165) is 31.2 Å². The summed E-state index contributed by atoms with van der Waals surface area (Å²) >= 11 is 1.72. The third-order valence-corrected chi connectivity index (χ3v) is 3.93. The average molecular weight is 296 g/mol. The number of nitrogens with two attached hydrogens (primary N) is 1. The van der Waals surface area contributed by atoms with E-state index in [-0.39, 0.29) is 0 Å². The highest BCUT2D eigenvalue weighted by Crippen LogP contribution is 2.18. The van der Waals surface area contributed by atoms with Crippen molar-refractivity contribution in [3.63, 3.8) is 0 Å². The molecule has 1 rings (SSSR count). The van der Waals surface area contributed by atoms with Crippen molar-refractivity contribution in [2.24, 2.45) is 5.73 Å². The van der Waals surface area contributed by atoms with Crippen molar-refractivity contribution >= 4 is 11.3 Å². The van der Waals surface area contributed by atoms with Gasteiger partial charge in [-0.05, 0) is 19.1 Å². The Morgan fingerprint density at radius 2 is 2.15 bits per heavy atom. The molecule has 0 fully saturated rings. The topological polar surface area (TPSA) is 47.7 Å². The van der Waals surface area contributed by atoms with Crippen LogP contribution in [0.4, 0.5) is 0 Å². The molecule has 0 aliphatic heterocycles. The smallest absolute Gasteiger partial charge is 0.0772 e. The van der Waals surface area contributed by atoms with Crippen LogP contribution in [0.5, 0.6) is 0 Å². The van der Waals surface area contributed by atoms with Crippen LogP contribution in [0.2, 0.25) is 0 Å². The van der Waals surface area contributed by atoms with Gasteiger partial charge in [0.25, 0.3) is 0 Å². The van der Waals surface area contributed by atoms with Gasteiger partial charge in [0.2, 0.25) is 0 Å². The summed E-state index contributed by atoms with van der Waals surface area (Å²) < 4.78 is 10.4. The van der Waals surface area contributed by atoms with Crippen molar-refractivity contribution in [1.82, 2.24) is 4.90 Å². The van der Waals surface area contributed by atoms with Gasteiger partial charge in [0.05, 0.1) is 24.6 Å². The standard InChI is InChI=1S/C15H24N2O2S/c1-13(12-19-3)17(9-10-18-2)11-15-7-6-14(20-15)5-4-8-16/h6-7,13H,8-12,16H2,1-3H3. The summed E-state index contributed by atoms with van der Waals surface area (Å²) in [6.45, 7) is 5.79. The van der Waals surface area contributed by atoms with Gasteiger partial charge in [-0.25, -0.2) is 0 Å². The minimum Gasteiger partial charge on any atom is -0.383 e. The van der Waals surface area contributed by atoms with Gasteiger partial charge in [-0.1, -0.05) is 11.8 Å². The monoisotopic (exact) mass is 296 g/mol. The summed E-state index contributed by atoms with van der Waals surface area (Å²) in [5.41, 5.74) is 5.39. The lowest BCUT2D eigenvalue weighted by atomic mass is 10.2. The van der Waals surface area contributed by atoms with Crippen LogP contribution in [0.3, 0.4) is 0 Å². The molecule has 0 aliphatic carbocycles. The van der Waals surface area contributed by atoms with Crippen LogP contribution in [0.25, 0.3) is 0 Å². The van der Waals surface area contributed by atoms with E-state index in [2.05, 4.69) is 35.8 Å². The van der Waals surface area contributed by atoms with Gasteiger partial charge in [0.1, 0.15) is 0 Å². The van der Waals surface area contributed by atoms with Crippen molar-refractivity contribution in [2.75, 3.05) is 40.5 Å². The molecule has 4 nitrogen and oxygen atoms in total. The summed E-state index contributed by atoms with van der Waals surface area (Å²) in [7, 11) is 3.46. The second-order valence-electron chi connectivity index (χ2n) is 4.54. The van der Waals surface area contributed by atoms with Crippen molar-refractivity contribution < 1.29 is 9.47 Å². The lowest BCUT2D eigenvalue weighted by Crippen LogP contribution is -2.37. The highest BCUT2D eigenvalue weighted by Gasteiger charge is 2.14. The van der Waals surface area contributed by atoms with E-state index in [1.165, 1.54) is 4.88 Å². The summed E-state index contributed by atoms with van der Waals surface area (Å²) in [6.07, 6.45) is 0. The van der Waals surface area contributed by atoms with Crippen LogP contribution >= 0.6 is 11.3 Å². The molecular formula is C15H24N2O2S. The van der Waals surface area contributed by atoms with E-state index in [0.29, 0.717) is 12.6 Å². The Morgan fingerprint density at radius 1 is 1.35 bits per heavy atom. The normalized spacial score (nSPS) is 12.2. The Kier molecular flexibility index (Phi) is 8.51. The number of nitrogens with zero attached hydrogens (tertiary/aromatic N) is 1. The fourth-order valence-corrected chi connectivity index (χ4v) is 2.79. The molecule has 0 aliphatic rings. The zero-order valence-corrected chi connectivity index (χ0v) is 13.3. The zero-order valence-electron chi connectivity index (χ0n) is 12.5. The average Bonchev–Trinajstić information content (AvgIpc) is 2.89. The molecule has 0 bridgehead atoms. The van der Waals surface area contributed by atoms with E-state index in [4.69, 9.17) is 15.2 Å². The first-order chi connectivity index (χ1) is 9.71. The summed E-state index contributed by atoms with van der Waals surface area (Å²) in [5, 5.41) is 0. The Balaban J connectivity index is 2.65. The van der Waals surface area contributed by atoms with Gasteiger partial charge in [0, 0.05) is 38.2 Å². The van der Waals surface area contributed by atoms with Gasteiger partial charge in [-0.3, -0.25) is 4.90 Å². The molecule has 0 saturated carbocycles. The van der Waals surface area contributed by atoms with E-state index >= 15 is 0 Å². The van der Waals surface area contributed by atoms with Gasteiger partial charge < -0.3 is 15.2 Å². The fraction of sp³-hybridized carbons (Fsp3) is 0.600. The van der Waals surface area contributed by atoms with E-state index in [1.54, 1.807) is 25.6 Å². The summed E-state index contributed by atoms with van der Waals surface area (Å²) in [5.74, 6) is 5.95. The Morgan fingerprint density at radius 3 is 2.80 bits per heavy atom. The molecule has 5 heteroatoms. The van der Waals surface area contributed by atoms with Gasteiger partial charge in [-0.15, -0.1) is 11.3 Å². The first kappa shape index (κ1) is 17.2. The molecule has 0 aromatic carbocycles. The largest absolute Gasteiger partial charge is 0.383 e. The molecule has 1 aromatic rings. The van der Waals surface area contributed by atoms with Crippen molar-refractivity contribution in [2.45, 2.75) is 19.5 Å². The highest BCUT2D eigenvalue weighted by molar-refractivity contribution is 7.12. The van der Waals surface area contributed by atoms with Gasteiger partial charge >= 0.3 is 0 Å². The zero-order chi connectivity index (χ0) is 14.8. The van der Waals surface area contributed by atoms with Crippen LogP contribution in [0.1, 0.15) is 16.7 Å². The van der Waals surface area contributed by atoms with Crippen LogP contribution in [0.15, 0.2) is 12.1 Å². The van der Waals surface area contributed by atoms with E-state index in [1.807, 2.05) is 0 Å². The number of methoxy groups -OCH3 is 2. The molecule has 1 unspecified atom stereocenters. The molecule has 0 radical (unpaired) electrons. The molecule has 2 N–H and O–H groups in total. The number of thiophene rings is 1. The number of hydrogen-bond donors (Lipinski definition) is 1. The minimum absolute atomic E-state index is 0.357. The lowest BCUT2D eigenvalue weighted by molar-refractivity contribution is 0.0711. The van der Waals surface area contributed by atoms with Crippen LogP contribution in [0, 0.1) is 11.8 Å². The quantitative estimate of drug-likeness (QED) is 0.739. The second-order valence-corrected chi connectivity index (χ2v) is 5.71. The molecule has 20 heavy (non-hydrogen) atoms. The summed E-state index contributed by atoms with van der Waals surface area (Å²) in [6, 6.07) is 4.54. The predicted molar refractivity (Wildman–Crippen MR) is 83.9 cm³/mol. The number of ether oxygens (including phenoxy) is 2. The number of hydrogen-bond acceptors (Lipinski definition) is 5. The molecule has 112 valence electrons. The SMILES string of the molecule is COCCN(Cc1ccc(C#CCN)s1)C(C)COC. The highest BCUT2D eigenvalue weighted by atomic mass is 32.1. The van der Waals surface area contributed by atoms with Crippen LogP contribution in [-0.4, -0.2) is 51.5 Å². The Bertz CT molecular complexity index is 437. The molecule has 0 saturated heterocycles. The lowest BCUT2D eigenvalue weighted by Gasteiger charge is -2.27. The maximum absolute atomic E-state index is 5.39. The first-order valence-corrected chi connectivity index (χ1v) is 7.52. The Hall–Kier alpha value is -0.900. The maximum Gasteiger partial charge on any atom is 0.0772 e. The third kappa shape index (κ3) is 6.04. The number of rotatable bonds is 8. The molecular weight excluding hydrogens is 272 g/mol. The maximum atomic E-state index is 5.39. The molecule has 0 amide bonds. The second kappa shape index (κ2) is 9.92. The van der Waals surface area contributed by atoms with E-state index < -0.39 is 0 Å². The Labute approximate surface area is 125 Å². The fourth-order valence-electron chi connectivity index (χ4n) is 1.88. The molecule has 1 heterocycles.